The molecular formula is C16H15BrO2. The summed E-state index contributed by atoms with van der Waals surface area (Å²) in [5, 5.41) is 0. The summed E-state index contributed by atoms with van der Waals surface area (Å²) in [6, 6.07) is 14.3. The van der Waals surface area contributed by atoms with Gasteiger partial charge in [0.2, 0.25) is 0 Å². The van der Waals surface area contributed by atoms with Crippen LogP contribution in [0.3, 0.4) is 0 Å². The summed E-state index contributed by atoms with van der Waals surface area (Å²) in [7, 11) is 1.68. The minimum absolute atomic E-state index is 0.0550. The largest absolute Gasteiger partial charge is 0.497 e. The Balaban J connectivity index is 1.96. The second-order valence-corrected chi connectivity index (χ2v) is 5.70. The first kappa shape index (κ1) is 12.5. The zero-order chi connectivity index (χ0) is 13.4. The van der Waals surface area contributed by atoms with Gasteiger partial charge in [0.15, 0.2) is 0 Å². The fourth-order valence-corrected chi connectivity index (χ4v) is 2.90. The predicted octanol–water partition coefficient (Wildman–Crippen LogP) is 4.69. The molecule has 1 aliphatic heterocycles. The Morgan fingerprint density at radius 3 is 2.79 bits per heavy atom. The summed E-state index contributed by atoms with van der Waals surface area (Å²) >= 11 is 3.48. The Bertz CT molecular complexity index is 609. The Morgan fingerprint density at radius 2 is 2.00 bits per heavy atom. The molecule has 0 saturated heterocycles. The topological polar surface area (TPSA) is 18.5 Å². The maximum atomic E-state index is 6.10. The van der Waals surface area contributed by atoms with Crippen LogP contribution in [0.5, 0.6) is 11.5 Å². The second-order valence-electron chi connectivity index (χ2n) is 4.79. The number of benzene rings is 2. The van der Waals surface area contributed by atoms with E-state index in [0.717, 1.165) is 21.5 Å². The lowest BCUT2D eigenvalue weighted by molar-refractivity contribution is 0.215. The summed E-state index contributed by atoms with van der Waals surface area (Å²) < 4.78 is 12.4. The average Bonchev–Trinajstić information content (AvgIpc) is 2.75. The number of hydrogen-bond acceptors (Lipinski definition) is 2. The summed E-state index contributed by atoms with van der Waals surface area (Å²) in [5.74, 6) is 2.18. The highest BCUT2D eigenvalue weighted by Crippen LogP contribution is 2.46. The Kier molecular flexibility index (Phi) is 3.23. The molecule has 2 nitrogen and oxygen atoms in total. The molecule has 2 aromatic carbocycles. The number of rotatable bonds is 2. The quantitative estimate of drug-likeness (QED) is 0.799. The zero-order valence-electron chi connectivity index (χ0n) is 10.9. The molecule has 1 aliphatic rings. The van der Waals surface area contributed by atoms with E-state index in [1.165, 1.54) is 5.56 Å². The van der Waals surface area contributed by atoms with E-state index in [0.29, 0.717) is 5.92 Å². The molecule has 1 unspecified atom stereocenters. The van der Waals surface area contributed by atoms with Crippen molar-refractivity contribution in [1.82, 2.24) is 0 Å². The van der Waals surface area contributed by atoms with Crippen molar-refractivity contribution >= 4 is 15.9 Å². The van der Waals surface area contributed by atoms with Gasteiger partial charge in [0.05, 0.1) is 7.11 Å². The number of ether oxygens (including phenoxy) is 2. The van der Waals surface area contributed by atoms with Gasteiger partial charge < -0.3 is 9.47 Å². The third-order valence-electron chi connectivity index (χ3n) is 3.60. The van der Waals surface area contributed by atoms with E-state index in [-0.39, 0.29) is 6.10 Å². The van der Waals surface area contributed by atoms with Crippen LogP contribution in [0.1, 0.15) is 30.1 Å². The van der Waals surface area contributed by atoms with Gasteiger partial charge in [0, 0.05) is 16.0 Å². The molecule has 2 aromatic rings. The van der Waals surface area contributed by atoms with Crippen molar-refractivity contribution < 1.29 is 9.47 Å². The predicted molar refractivity (Wildman–Crippen MR) is 78.9 cm³/mol. The zero-order valence-corrected chi connectivity index (χ0v) is 12.5. The average molecular weight is 319 g/mol. The number of hydrogen-bond donors (Lipinski definition) is 0. The van der Waals surface area contributed by atoms with Crippen LogP contribution in [0.25, 0.3) is 0 Å². The van der Waals surface area contributed by atoms with E-state index < -0.39 is 0 Å². The molecule has 2 atom stereocenters. The highest BCUT2D eigenvalue weighted by Gasteiger charge is 2.32. The summed E-state index contributed by atoms with van der Waals surface area (Å²) in [5.41, 5.74) is 2.41. The van der Waals surface area contributed by atoms with Gasteiger partial charge in [-0.05, 0) is 29.8 Å². The molecular weight excluding hydrogens is 304 g/mol. The van der Waals surface area contributed by atoms with E-state index >= 15 is 0 Å². The van der Waals surface area contributed by atoms with E-state index in [2.05, 4.69) is 41.1 Å². The fourth-order valence-electron chi connectivity index (χ4n) is 2.56. The molecule has 19 heavy (non-hydrogen) atoms. The highest BCUT2D eigenvalue weighted by molar-refractivity contribution is 9.10. The fraction of sp³-hybridized carbons (Fsp3) is 0.250. The van der Waals surface area contributed by atoms with Gasteiger partial charge in [-0.3, -0.25) is 0 Å². The Morgan fingerprint density at radius 1 is 1.16 bits per heavy atom. The summed E-state index contributed by atoms with van der Waals surface area (Å²) in [6.07, 6.45) is 0.0550. The maximum Gasteiger partial charge on any atom is 0.131 e. The third-order valence-corrected chi connectivity index (χ3v) is 4.09. The van der Waals surface area contributed by atoms with Crippen molar-refractivity contribution in [3.05, 3.63) is 58.1 Å². The van der Waals surface area contributed by atoms with E-state index in [4.69, 9.17) is 9.47 Å². The standard InChI is InChI=1S/C16H15BrO2/c1-10-14-7-6-12(17)9-15(14)19-16(10)11-4-3-5-13(8-11)18-2/h3-10,16H,1-2H3/t10-,16?/m0/s1. The van der Waals surface area contributed by atoms with Crippen molar-refractivity contribution in [3.8, 4) is 11.5 Å². The monoisotopic (exact) mass is 318 g/mol. The summed E-state index contributed by atoms with van der Waals surface area (Å²) in [4.78, 5) is 0. The number of fused-ring (bicyclic) bond motifs is 1. The normalized spacial score (nSPS) is 20.8. The molecule has 0 aromatic heterocycles. The van der Waals surface area contributed by atoms with Crippen molar-refractivity contribution in [2.24, 2.45) is 0 Å². The molecule has 98 valence electrons. The molecule has 0 bridgehead atoms. The van der Waals surface area contributed by atoms with Gasteiger partial charge in [-0.15, -0.1) is 0 Å². The van der Waals surface area contributed by atoms with Crippen molar-refractivity contribution in [2.75, 3.05) is 7.11 Å². The van der Waals surface area contributed by atoms with Crippen LogP contribution in [0.4, 0.5) is 0 Å². The van der Waals surface area contributed by atoms with Crippen LogP contribution < -0.4 is 9.47 Å². The molecule has 0 saturated carbocycles. The molecule has 0 amide bonds. The van der Waals surface area contributed by atoms with Crippen molar-refractivity contribution in [3.63, 3.8) is 0 Å². The first-order valence-corrected chi connectivity index (χ1v) is 7.08. The van der Waals surface area contributed by atoms with E-state index in [1.807, 2.05) is 24.3 Å². The molecule has 0 spiro atoms. The molecule has 1 heterocycles. The lowest BCUT2D eigenvalue weighted by Crippen LogP contribution is -2.07. The molecule has 3 rings (SSSR count). The van der Waals surface area contributed by atoms with Crippen LogP contribution in [-0.4, -0.2) is 7.11 Å². The smallest absolute Gasteiger partial charge is 0.131 e. The second kappa shape index (κ2) is 4.89. The van der Waals surface area contributed by atoms with Crippen LogP contribution in [0.2, 0.25) is 0 Å². The van der Waals surface area contributed by atoms with Gasteiger partial charge in [0.1, 0.15) is 17.6 Å². The minimum atomic E-state index is 0.0550. The van der Waals surface area contributed by atoms with E-state index in [9.17, 15) is 0 Å². The molecule has 0 fully saturated rings. The van der Waals surface area contributed by atoms with Gasteiger partial charge in [0.25, 0.3) is 0 Å². The van der Waals surface area contributed by atoms with Crippen LogP contribution in [0.15, 0.2) is 46.9 Å². The molecule has 0 aliphatic carbocycles. The van der Waals surface area contributed by atoms with Gasteiger partial charge in [-0.25, -0.2) is 0 Å². The minimum Gasteiger partial charge on any atom is -0.497 e. The number of halogens is 1. The van der Waals surface area contributed by atoms with Crippen LogP contribution in [0, 0.1) is 0 Å². The van der Waals surface area contributed by atoms with Crippen LogP contribution >= 0.6 is 15.9 Å². The van der Waals surface area contributed by atoms with Gasteiger partial charge in [-0.1, -0.05) is 41.1 Å². The van der Waals surface area contributed by atoms with Crippen molar-refractivity contribution in [1.29, 1.82) is 0 Å². The van der Waals surface area contributed by atoms with Crippen molar-refractivity contribution in [2.45, 2.75) is 18.9 Å². The van der Waals surface area contributed by atoms with Gasteiger partial charge >= 0.3 is 0 Å². The first-order chi connectivity index (χ1) is 9.19. The first-order valence-electron chi connectivity index (χ1n) is 6.29. The lowest BCUT2D eigenvalue weighted by atomic mass is 9.93. The lowest BCUT2D eigenvalue weighted by Gasteiger charge is -2.16. The maximum absolute atomic E-state index is 6.10. The molecule has 3 heteroatoms. The summed E-state index contributed by atoms with van der Waals surface area (Å²) in [6.45, 7) is 2.20. The SMILES string of the molecule is COc1cccc(C2Oc3cc(Br)ccc3[C@@H]2C)c1. The molecule has 0 N–H and O–H groups in total. The molecule has 0 radical (unpaired) electrons. The number of methoxy groups -OCH3 is 1. The Hall–Kier alpha value is -1.48. The van der Waals surface area contributed by atoms with Crippen LogP contribution in [-0.2, 0) is 0 Å². The Labute approximate surface area is 121 Å². The highest BCUT2D eigenvalue weighted by atomic mass is 79.9. The van der Waals surface area contributed by atoms with Gasteiger partial charge in [-0.2, -0.15) is 0 Å². The third kappa shape index (κ3) is 2.23. The van der Waals surface area contributed by atoms with E-state index in [1.54, 1.807) is 7.11 Å².